The molecule has 1 aromatic heterocycles. The first kappa shape index (κ1) is 22.9. The minimum absolute atomic E-state index is 0.256. The number of aromatic nitrogens is 1. The summed E-state index contributed by atoms with van der Waals surface area (Å²) >= 11 is 0. The number of hydrogen-bond donors (Lipinski definition) is 3. The van der Waals surface area contributed by atoms with Crippen molar-refractivity contribution >= 4 is 22.6 Å². The van der Waals surface area contributed by atoms with E-state index in [0.717, 1.165) is 24.5 Å². The lowest BCUT2D eigenvalue weighted by molar-refractivity contribution is 0.234. The normalized spacial score (nSPS) is 14.6. The Hall–Kier alpha value is -3.27. The van der Waals surface area contributed by atoms with Gasteiger partial charge in [0.15, 0.2) is 0 Å². The second-order valence-electron chi connectivity index (χ2n) is 8.60. The summed E-state index contributed by atoms with van der Waals surface area (Å²) in [4.78, 5) is 14.4. The van der Waals surface area contributed by atoms with Crippen LogP contribution in [0.25, 0.3) is 10.9 Å². The lowest BCUT2D eigenvalue weighted by Crippen LogP contribution is -2.40. The van der Waals surface area contributed by atoms with Gasteiger partial charge >= 0.3 is 6.03 Å². The number of para-hydroxylation sites is 1. The fourth-order valence-electron chi connectivity index (χ4n) is 4.31. The minimum Gasteiger partial charge on any atom is -0.334 e. The predicted octanol–water partition coefficient (Wildman–Crippen LogP) is 4.02. The molecule has 0 aliphatic carbocycles. The van der Waals surface area contributed by atoms with Crippen LogP contribution in [-0.4, -0.2) is 48.2 Å². The molecule has 0 spiro atoms. The third-order valence-corrected chi connectivity index (χ3v) is 6.18. The molecule has 1 saturated heterocycles. The van der Waals surface area contributed by atoms with Gasteiger partial charge in [0.1, 0.15) is 0 Å². The molecule has 0 radical (unpaired) electrons. The van der Waals surface area contributed by atoms with E-state index in [1.165, 1.54) is 42.4 Å². The van der Waals surface area contributed by atoms with Gasteiger partial charge in [-0.3, -0.25) is 0 Å². The number of piperidine rings is 1. The second-order valence-corrected chi connectivity index (χ2v) is 8.60. The summed E-state index contributed by atoms with van der Waals surface area (Å²) in [7, 11) is 2.19. The molecule has 2 heterocycles. The number of benzene rings is 2. The van der Waals surface area contributed by atoms with E-state index in [2.05, 4.69) is 75.5 Å². The van der Waals surface area contributed by atoms with Crippen LogP contribution in [0.3, 0.4) is 0 Å². The maximum absolute atomic E-state index is 12.0. The van der Waals surface area contributed by atoms with Gasteiger partial charge in [-0.25, -0.2) is 4.79 Å². The molecule has 4 rings (SSSR count). The van der Waals surface area contributed by atoms with Crippen molar-refractivity contribution in [3.63, 3.8) is 0 Å². The van der Waals surface area contributed by atoms with Gasteiger partial charge in [-0.1, -0.05) is 30.2 Å². The average molecular weight is 444 g/mol. The number of carbonyl (C=O) groups is 1. The third-order valence-electron chi connectivity index (χ3n) is 6.18. The van der Waals surface area contributed by atoms with E-state index in [4.69, 9.17) is 0 Å². The molecule has 33 heavy (non-hydrogen) atoms. The number of nitrogens with zero attached hydrogens (tertiary/aromatic N) is 2. The van der Waals surface area contributed by atoms with E-state index >= 15 is 0 Å². The molecule has 6 nitrogen and oxygen atoms in total. The summed E-state index contributed by atoms with van der Waals surface area (Å²) in [6.45, 7) is 6.49. The van der Waals surface area contributed by atoms with Crippen LogP contribution >= 0.6 is 0 Å². The van der Waals surface area contributed by atoms with Crippen molar-refractivity contribution in [2.75, 3.05) is 32.0 Å². The smallest absolute Gasteiger partial charge is 0.319 e. The Morgan fingerprint density at radius 1 is 1.09 bits per heavy atom. The predicted molar refractivity (Wildman–Crippen MR) is 135 cm³/mol. The molecule has 0 unspecified atom stereocenters. The maximum Gasteiger partial charge on any atom is 0.319 e. The van der Waals surface area contributed by atoms with Crippen molar-refractivity contribution in [1.29, 1.82) is 0 Å². The number of nitrogens with one attached hydrogen (secondary N) is 3. The van der Waals surface area contributed by atoms with E-state index < -0.39 is 0 Å². The topological polar surface area (TPSA) is 61.3 Å². The van der Waals surface area contributed by atoms with Crippen molar-refractivity contribution < 1.29 is 4.79 Å². The Balaban J connectivity index is 1.36. The fraction of sp³-hybridized carbons (Fsp3) is 0.370. The number of hydrogen-bond acceptors (Lipinski definition) is 3. The van der Waals surface area contributed by atoms with Crippen LogP contribution in [0.4, 0.5) is 10.5 Å². The van der Waals surface area contributed by atoms with E-state index in [0.29, 0.717) is 6.04 Å². The molecule has 1 fully saturated rings. The molecule has 6 heteroatoms. The highest BCUT2D eigenvalue weighted by Crippen LogP contribution is 2.21. The summed E-state index contributed by atoms with van der Waals surface area (Å²) < 4.78 is 2.22. The third kappa shape index (κ3) is 6.16. The zero-order valence-electron chi connectivity index (χ0n) is 19.5. The number of carbonyl (C=O) groups excluding carboxylic acids is 1. The summed E-state index contributed by atoms with van der Waals surface area (Å²) in [6, 6.07) is 18.5. The highest BCUT2D eigenvalue weighted by molar-refractivity contribution is 5.89. The van der Waals surface area contributed by atoms with Crippen molar-refractivity contribution in [2.24, 2.45) is 0 Å². The van der Waals surface area contributed by atoms with Crippen LogP contribution in [0.2, 0.25) is 0 Å². The van der Waals surface area contributed by atoms with E-state index in [-0.39, 0.29) is 12.6 Å². The number of amides is 2. The molecule has 0 atom stereocenters. The van der Waals surface area contributed by atoms with Crippen molar-refractivity contribution in [1.82, 2.24) is 20.1 Å². The fourth-order valence-corrected chi connectivity index (χ4v) is 4.31. The Kier molecular flexibility index (Phi) is 7.66. The number of fused-ring (bicyclic) bond motifs is 1. The Morgan fingerprint density at radius 3 is 2.64 bits per heavy atom. The average Bonchev–Trinajstić information content (AvgIpc) is 3.18. The standard InChI is InChI=1S/C27H33N5O/c1-3-32-25(10-7-15-28-27(33)30-24-8-5-4-6-9-24)19-22-18-21(11-12-26(22)32)20-29-23-13-16-31(2)17-14-23/h4-6,8-9,11-12,18-19,23,29H,3,13-17,20H2,1-2H3,(H2,28,30,33). The van der Waals surface area contributed by atoms with Crippen LogP contribution in [0.5, 0.6) is 0 Å². The van der Waals surface area contributed by atoms with Crippen molar-refractivity contribution in [3.05, 3.63) is 65.9 Å². The molecule has 3 aromatic rings. The first-order chi connectivity index (χ1) is 16.1. The number of urea groups is 1. The maximum atomic E-state index is 12.0. The lowest BCUT2D eigenvalue weighted by atomic mass is 10.0. The van der Waals surface area contributed by atoms with Gasteiger partial charge in [0.05, 0.1) is 12.2 Å². The number of likely N-dealkylation sites (tertiary alicyclic amines) is 1. The summed E-state index contributed by atoms with van der Waals surface area (Å²) in [5.41, 5.74) is 4.22. The van der Waals surface area contributed by atoms with E-state index in [9.17, 15) is 4.79 Å². The molecule has 2 amide bonds. The van der Waals surface area contributed by atoms with Crippen LogP contribution < -0.4 is 16.0 Å². The molecule has 0 saturated carbocycles. The zero-order chi connectivity index (χ0) is 23.0. The molecule has 2 aromatic carbocycles. The van der Waals surface area contributed by atoms with Gasteiger partial charge in [0.2, 0.25) is 0 Å². The number of rotatable bonds is 6. The molecule has 3 N–H and O–H groups in total. The summed E-state index contributed by atoms with van der Waals surface area (Å²) in [6.07, 6.45) is 2.42. The molecule has 1 aliphatic rings. The number of aryl methyl sites for hydroxylation is 1. The molecule has 172 valence electrons. The zero-order valence-corrected chi connectivity index (χ0v) is 19.5. The lowest BCUT2D eigenvalue weighted by Gasteiger charge is -2.29. The number of anilines is 1. The van der Waals surface area contributed by atoms with Gasteiger partial charge in [-0.15, -0.1) is 0 Å². The van der Waals surface area contributed by atoms with Crippen LogP contribution in [0.15, 0.2) is 54.6 Å². The summed E-state index contributed by atoms with van der Waals surface area (Å²) in [5, 5.41) is 10.5. The van der Waals surface area contributed by atoms with Gasteiger partial charge in [-0.2, -0.15) is 0 Å². The Morgan fingerprint density at radius 2 is 1.88 bits per heavy atom. The minimum atomic E-state index is -0.256. The van der Waals surface area contributed by atoms with Gasteiger partial charge in [0.25, 0.3) is 0 Å². The van der Waals surface area contributed by atoms with Gasteiger partial charge in [-0.05, 0) is 81.7 Å². The summed E-state index contributed by atoms with van der Waals surface area (Å²) in [5.74, 6) is 6.31. The second kappa shape index (κ2) is 11.0. The molecular weight excluding hydrogens is 410 g/mol. The van der Waals surface area contributed by atoms with E-state index in [1.807, 2.05) is 30.3 Å². The van der Waals surface area contributed by atoms with Crippen LogP contribution in [0, 0.1) is 11.8 Å². The van der Waals surface area contributed by atoms with Gasteiger partial charge < -0.3 is 25.4 Å². The van der Waals surface area contributed by atoms with Crippen LogP contribution in [-0.2, 0) is 13.1 Å². The largest absolute Gasteiger partial charge is 0.334 e. The SMILES string of the molecule is CCn1c(C#CCNC(=O)Nc2ccccc2)cc2cc(CNC3CCN(C)CC3)ccc21. The Bertz CT molecular complexity index is 1130. The molecule has 1 aliphatic heterocycles. The van der Waals surface area contributed by atoms with Gasteiger partial charge in [0, 0.05) is 35.7 Å². The molecule has 0 bridgehead atoms. The van der Waals surface area contributed by atoms with Crippen LogP contribution in [0.1, 0.15) is 31.0 Å². The first-order valence-corrected chi connectivity index (χ1v) is 11.7. The monoisotopic (exact) mass is 443 g/mol. The molecular formula is C27H33N5O. The van der Waals surface area contributed by atoms with Crippen molar-refractivity contribution in [2.45, 2.75) is 38.9 Å². The highest BCUT2D eigenvalue weighted by atomic mass is 16.2. The Labute approximate surface area is 196 Å². The van der Waals surface area contributed by atoms with Crippen molar-refractivity contribution in [3.8, 4) is 11.8 Å². The quantitative estimate of drug-likeness (QED) is 0.505. The highest BCUT2D eigenvalue weighted by Gasteiger charge is 2.16. The van der Waals surface area contributed by atoms with E-state index in [1.54, 1.807) is 0 Å². The first-order valence-electron chi connectivity index (χ1n) is 11.7.